The van der Waals surface area contributed by atoms with Crippen LogP contribution in [0.3, 0.4) is 0 Å². The Morgan fingerprint density at radius 3 is 2.58 bits per heavy atom. The van der Waals surface area contributed by atoms with Crippen molar-refractivity contribution in [3.05, 3.63) is 32.6 Å². The molecule has 0 aromatic carbocycles. The Morgan fingerprint density at radius 1 is 1.21 bits per heavy atom. The molecule has 0 radical (unpaired) electrons. The number of aromatic nitrogens is 2. The Kier molecular flexibility index (Phi) is 8.11. The summed E-state index contributed by atoms with van der Waals surface area (Å²) in [6.07, 6.45) is -5.13. The van der Waals surface area contributed by atoms with Gasteiger partial charge in [0, 0.05) is 24.6 Å². The molecule has 2 saturated heterocycles. The van der Waals surface area contributed by atoms with Gasteiger partial charge in [-0.05, 0) is 6.92 Å². The molecule has 2 unspecified atom stereocenters. The first-order valence-electron chi connectivity index (χ1n) is 9.67. The maximum absolute atomic E-state index is 12.1. The van der Waals surface area contributed by atoms with Gasteiger partial charge in [-0.3, -0.25) is 23.4 Å². The highest BCUT2D eigenvalue weighted by molar-refractivity contribution is 7.61. The molecular formula is C15H25N3O13P2. The molecule has 2 fully saturated rings. The molecule has 0 bridgehead atoms. The molecule has 2 aliphatic rings. The number of hydrogen-bond acceptors (Lipinski definition) is 12. The first-order valence-corrected chi connectivity index (χ1v) is 12.7. The zero-order chi connectivity index (χ0) is 24.6. The molecule has 0 saturated carbocycles. The van der Waals surface area contributed by atoms with E-state index >= 15 is 0 Å². The number of rotatable bonds is 8. The quantitative estimate of drug-likeness (QED) is 0.208. The molecule has 3 heterocycles. The summed E-state index contributed by atoms with van der Waals surface area (Å²) in [6, 6.07) is -0.728. The van der Waals surface area contributed by atoms with E-state index in [1.807, 2.05) is 0 Å². The summed E-state index contributed by atoms with van der Waals surface area (Å²) in [5.41, 5.74) is 4.37. The Morgan fingerprint density at radius 2 is 1.91 bits per heavy atom. The predicted octanol–water partition coefficient (Wildman–Crippen LogP) is -1.82. The van der Waals surface area contributed by atoms with Gasteiger partial charge in [-0.25, -0.2) is 13.9 Å². The van der Waals surface area contributed by atoms with Gasteiger partial charge >= 0.3 is 21.3 Å². The lowest BCUT2D eigenvalue weighted by Crippen LogP contribution is -2.47. The number of ether oxygens (including phenoxy) is 2. The van der Waals surface area contributed by atoms with Gasteiger partial charge in [0.15, 0.2) is 6.29 Å². The Balaban J connectivity index is 1.56. The third-order valence-corrected chi connectivity index (χ3v) is 7.55. The fourth-order valence-electron chi connectivity index (χ4n) is 3.17. The van der Waals surface area contributed by atoms with Gasteiger partial charge in [-0.15, -0.1) is 0 Å². The predicted molar refractivity (Wildman–Crippen MR) is 107 cm³/mol. The van der Waals surface area contributed by atoms with Crippen LogP contribution in [0.2, 0.25) is 0 Å². The average Bonchev–Trinajstić information content (AvgIpc) is 3.05. The summed E-state index contributed by atoms with van der Waals surface area (Å²) in [6.45, 7) is 0.522. The number of nitrogens with zero attached hydrogens (tertiary/aromatic N) is 1. The highest BCUT2D eigenvalue weighted by Crippen LogP contribution is 2.61. The number of aromatic amines is 1. The second-order valence-corrected chi connectivity index (χ2v) is 10.6. The molecule has 0 spiro atoms. The third-order valence-electron chi connectivity index (χ3n) is 4.92. The molecular weight excluding hydrogens is 492 g/mol. The zero-order valence-electron chi connectivity index (χ0n) is 17.3. The molecule has 3 rings (SSSR count). The van der Waals surface area contributed by atoms with E-state index in [0.717, 1.165) is 4.57 Å². The average molecular weight is 517 g/mol. The Bertz CT molecular complexity index is 1060. The van der Waals surface area contributed by atoms with Crippen molar-refractivity contribution in [2.24, 2.45) is 5.73 Å². The summed E-state index contributed by atoms with van der Waals surface area (Å²) in [4.78, 5) is 45.0. The molecule has 0 amide bonds. The number of nitrogens with two attached hydrogens (primary N) is 1. The summed E-state index contributed by atoms with van der Waals surface area (Å²) >= 11 is 0. The maximum atomic E-state index is 12.1. The molecule has 18 heteroatoms. The molecule has 1 aromatic rings. The third kappa shape index (κ3) is 6.88. The Labute approximate surface area is 186 Å². The van der Waals surface area contributed by atoms with Crippen LogP contribution >= 0.6 is 15.6 Å². The lowest BCUT2D eigenvalue weighted by molar-refractivity contribution is -0.152. The first-order chi connectivity index (χ1) is 15.3. The molecule has 7 N–H and O–H groups in total. The van der Waals surface area contributed by atoms with Crippen molar-refractivity contribution in [1.29, 1.82) is 0 Å². The van der Waals surface area contributed by atoms with Crippen LogP contribution in [0.4, 0.5) is 0 Å². The van der Waals surface area contributed by atoms with Crippen LogP contribution in [-0.2, 0) is 32.0 Å². The summed E-state index contributed by atoms with van der Waals surface area (Å²) < 4.78 is 49.1. The van der Waals surface area contributed by atoms with Crippen molar-refractivity contribution in [2.45, 2.75) is 56.6 Å². The monoisotopic (exact) mass is 517 g/mol. The zero-order valence-corrected chi connectivity index (χ0v) is 19.0. The lowest BCUT2D eigenvalue weighted by atomic mass is 10.1. The van der Waals surface area contributed by atoms with E-state index in [9.17, 15) is 38.7 Å². The van der Waals surface area contributed by atoms with E-state index in [1.54, 1.807) is 0 Å². The normalized spacial score (nSPS) is 34.0. The number of H-pyrrole nitrogens is 1. The molecule has 16 nitrogen and oxygen atoms in total. The molecule has 188 valence electrons. The van der Waals surface area contributed by atoms with Crippen LogP contribution in [0.15, 0.2) is 15.8 Å². The SMILES string of the molecule is Cc1cn([C@H]2C[C@H](O)[C@@H](COP(=O)(O)OP(=O)(O)O[C@@H]3C[C@H](O)[C@@H](N)CO3)O2)c(=O)[nH]c1=O. The van der Waals surface area contributed by atoms with Crippen LogP contribution < -0.4 is 17.0 Å². The van der Waals surface area contributed by atoms with Gasteiger partial charge in [0.1, 0.15) is 12.3 Å². The van der Waals surface area contributed by atoms with E-state index in [0.29, 0.717) is 0 Å². The number of aryl methyl sites for hydroxylation is 1. The van der Waals surface area contributed by atoms with Crippen molar-refractivity contribution in [1.82, 2.24) is 9.55 Å². The topological polar surface area (TPSA) is 242 Å². The number of hydrogen-bond donors (Lipinski definition) is 6. The minimum Gasteiger partial charge on any atom is -0.391 e. The molecule has 33 heavy (non-hydrogen) atoms. The standard InChI is InChI=1S/C15H25N3O13P2/c1-7-4-18(15(22)17-14(7)21)12-2-10(20)11(29-12)6-28-32(23,24)31-33(25,26)30-13-3-9(19)8(16)5-27-13/h4,8-13,19-20H,2-3,5-6,16H2,1H3,(H,23,24)(H,25,26)(H,17,21,22)/t8-,9-,10-,11+,12+,13+/m0/s1. The number of aliphatic hydroxyl groups excluding tert-OH is 2. The van der Waals surface area contributed by atoms with Crippen LogP contribution in [0.1, 0.15) is 24.6 Å². The van der Waals surface area contributed by atoms with Gasteiger partial charge in [0.25, 0.3) is 5.56 Å². The van der Waals surface area contributed by atoms with Gasteiger partial charge in [-0.2, -0.15) is 4.31 Å². The van der Waals surface area contributed by atoms with E-state index in [2.05, 4.69) is 18.3 Å². The van der Waals surface area contributed by atoms with Crippen molar-refractivity contribution in [2.75, 3.05) is 13.2 Å². The van der Waals surface area contributed by atoms with Crippen molar-refractivity contribution in [3.8, 4) is 0 Å². The largest absolute Gasteiger partial charge is 0.483 e. The van der Waals surface area contributed by atoms with Crippen molar-refractivity contribution in [3.63, 3.8) is 0 Å². The lowest BCUT2D eigenvalue weighted by Gasteiger charge is -2.31. The highest BCUT2D eigenvalue weighted by atomic mass is 31.3. The fraction of sp³-hybridized carbons (Fsp3) is 0.733. The van der Waals surface area contributed by atoms with Gasteiger partial charge in [0.05, 0.1) is 31.5 Å². The smallest absolute Gasteiger partial charge is 0.391 e. The van der Waals surface area contributed by atoms with E-state index in [-0.39, 0.29) is 25.0 Å². The second-order valence-electron chi connectivity index (χ2n) is 7.56. The summed E-state index contributed by atoms with van der Waals surface area (Å²) in [7, 11) is -10.4. The molecule has 2 aliphatic heterocycles. The molecule has 0 aliphatic carbocycles. The van der Waals surface area contributed by atoms with E-state index in [4.69, 9.17) is 15.2 Å². The van der Waals surface area contributed by atoms with Gasteiger partial charge in [0.2, 0.25) is 0 Å². The van der Waals surface area contributed by atoms with Crippen molar-refractivity contribution >= 4 is 15.6 Å². The van der Waals surface area contributed by atoms with Crippen LogP contribution in [0.25, 0.3) is 0 Å². The highest BCUT2D eigenvalue weighted by Gasteiger charge is 2.42. The molecule has 8 atom stereocenters. The molecule has 1 aromatic heterocycles. The minimum absolute atomic E-state index is 0.110. The Hall–Kier alpha value is -1.26. The van der Waals surface area contributed by atoms with Gasteiger partial charge < -0.3 is 35.2 Å². The first kappa shape index (κ1) is 26.3. The van der Waals surface area contributed by atoms with E-state index < -0.39 is 70.4 Å². The number of phosphoric acid groups is 2. The number of phosphoric ester groups is 2. The van der Waals surface area contributed by atoms with Gasteiger partial charge in [-0.1, -0.05) is 0 Å². The van der Waals surface area contributed by atoms with E-state index in [1.165, 1.54) is 13.1 Å². The second kappa shape index (κ2) is 10.2. The van der Waals surface area contributed by atoms with Crippen molar-refractivity contribution < 1.29 is 52.0 Å². The van der Waals surface area contributed by atoms with Crippen LogP contribution in [0.5, 0.6) is 0 Å². The summed E-state index contributed by atoms with van der Waals surface area (Å²) in [5, 5.41) is 19.8. The maximum Gasteiger partial charge on any atom is 0.483 e. The number of nitrogens with one attached hydrogen (secondary N) is 1. The fourth-order valence-corrected chi connectivity index (χ4v) is 5.33. The number of aliphatic hydroxyl groups is 2. The summed E-state index contributed by atoms with van der Waals surface area (Å²) in [5.74, 6) is 0. The van der Waals surface area contributed by atoms with Crippen LogP contribution in [-0.4, -0.2) is 73.4 Å². The van der Waals surface area contributed by atoms with Crippen LogP contribution in [0, 0.1) is 6.92 Å². The minimum atomic E-state index is -5.19.